The molecule has 0 radical (unpaired) electrons. The number of carbonyl (C=O) groups excluding carboxylic acids is 2. The van der Waals surface area contributed by atoms with E-state index in [1.165, 1.54) is 0 Å². The Kier molecular flexibility index (Phi) is 5.57. The Morgan fingerprint density at radius 3 is 2.70 bits per heavy atom. The van der Waals surface area contributed by atoms with Crippen LogP contribution in [0.4, 0.5) is 10.1 Å². The van der Waals surface area contributed by atoms with Gasteiger partial charge in [-0.15, -0.1) is 0 Å². The summed E-state index contributed by atoms with van der Waals surface area (Å²) in [5, 5.41) is 10.7. The van der Waals surface area contributed by atoms with Gasteiger partial charge in [0.2, 0.25) is 5.75 Å². The van der Waals surface area contributed by atoms with Gasteiger partial charge in [-0.05, 0) is 13.0 Å². The van der Waals surface area contributed by atoms with Gasteiger partial charge >= 0.3 is 11.7 Å². The summed E-state index contributed by atoms with van der Waals surface area (Å²) < 4.78 is 22.8. The predicted octanol–water partition coefficient (Wildman–Crippen LogP) is 1.64. The fourth-order valence-electron chi connectivity index (χ4n) is 1.36. The number of rotatable bonds is 7. The quantitative estimate of drug-likeness (QED) is 0.327. The fraction of sp³-hybridized carbons (Fsp3) is 0.333. The number of halogens is 1. The third-order valence-electron chi connectivity index (χ3n) is 2.17. The largest absolute Gasteiger partial charge is 0.477 e. The zero-order chi connectivity index (χ0) is 15.1. The second kappa shape index (κ2) is 7.17. The second-order valence-corrected chi connectivity index (χ2v) is 3.65. The second-order valence-electron chi connectivity index (χ2n) is 3.65. The zero-order valence-corrected chi connectivity index (χ0v) is 10.6. The molecule has 1 aromatic carbocycles. The molecule has 0 fully saturated rings. The van der Waals surface area contributed by atoms with E-state index < -0.39 is 47.0 Å². The van der Waals surface area contributed by atoms with Crippen LogP contribution in [0.15, 0.2) is 18.2 Å². The summed E-state index contributed by atoms with van der Waals surface area (Å²) in [6.45, 7) is 1.06. The van der Waals surface area contributed by atoms with Crippen molar-refractivity contribution in [2.45, 2.75) is 13.3 Å². The van der Waals surface area contributed by atoms with Crippen LogP contribution in [-0.4, -0.2) is 29.9 Å². The molecule has 0 heterocycles. The van der Waals surface area contributed by atoms with E-state index in [2.05, 4.69) is 4.74 Å². The van der Waals surface area contributed by atoms with Crippen LogP contribution in [0.2, 0.25) is 0 Å². The lowest BCUT2D eigenvalue weighted by Gasteiger charge is -2.06. The lowest BCUT2D eigenvalue weighted by Crippen LogP contribution is -2.18. The van der Waals surface area contributed by atoms with Gasteiger partial charge in [-0.1, -0.05) is 6.07 Å². The minimum absolute atomic E-state index is 0.131. The molecule has 0 aliphatic rings. The van der Waals surface area contributed by atoms with Crippen LogP contribution in [-0.2, 0) is 14.3 Å². The van der Waals surface area contributed by atoms with Gasteiger partial charge in [0.15, 0.2) is 11.6 Å². The predicted molar refractivity (Wildman–Crippen MR) is 64.8 cm³/mol. The Hall–Kier alpha value is -2.51. The van der Waals surface area contributed by atoms with Gasteiger partial charge in [0, 0.05) is 6.07 Å². The van der Waals surface area contributed by atoms with Gasteiger partial charge in [-0.2, -0.15) is 0 Å². The van der Waals surface area contributed by atoms with E-state index in [4.69, 9.17) is 4.74 Å². The van der Waals surface area contributed by atoms with Crippen molar-refractivity contribution in [3.63, 3.8) is 0 Å². The van der Waals surface area contributed by atoms with Crippen molar-refractivity contribution in [3.8, 4) is 5.75 Å². The number of hydrogen-bond acceptors (Lipinski definition) is 6. The number of nitrogens with zero attached hydrogens (tertiary/aromatic N) is 1. The minimum atomic E-state index is -0.955. The summed E-state index contributed by atoms with van der Waals surface area (Å²) in [5.41, 5.74) is -0.589. The SMILES string of the molecule is CCOC(=O)CC(=O)COc1c(F)cccc1[N+](=O)[O-]. The van der Waals surface area contributed by atoms with Crippen molar-refractivity contribution in [1.29, 1.82) is 0 Å². The van der Waals surface area contributed by atoms with Gasteiger partial charge in [0.25, 0.3) is 0 Å². The Bertz CT molecular complexity index is 531. The highest BCUT2D eigenvalue weighted by Gasteiger charge is 2.21. The summed E-state index contributed by atoms with van der Waals surface area (Å²) >= 11 is 0. The number of hydrogen-bond donors (Lipinski definition) is 0. The highest BCUT2D eigenvalue weighted by atomic mass is 19.1. The van der Waals surface area contributed by atoms with Crippen molar-refractivity contribution in [3.05, 3.63) is 34.1 Å². The van der Waals surface area contributed by atoms with Gasteiger partial charge in [-0.3, -0.25) is 19.7 Å². The topological polar surface area (TPSA) is 95.7 Å². The molecule has 0 bridgehead atoms. The molecule has 0 aromatic heterocycles. The minimum Gasteiger partial charge on any atom is -0.477 e. The number of nitro benzene ring substituents is 1. The fourth-order valence-corrected chi connectivity index (χ4v) is 1.36. The van der Waals surface area contributed by atoms with Crippen LogP contribution >= 0.6 is 0 Å². The summed E-state index contributed by atoms with van der Waals surface area (Å²) in [6, 6.07) is 3.17. The maximum Gasteiger partial charge on any atom is 0.314 e. The number of ketones is 1. The smallest absolute Gasteiger partial charge is 0.314 e. The van der Waals surface area contributed by atoms with Gasteiger partial charge in [0.1, 0.15) is 13.0 Å². The van der Waals surface area contributed by atoms with Gasteiger partial charge < -0.3 is 9.47 Å². The van der Waals surface area contributed by atoms with Crippen molar-refractivity contribution in [1.82, 2.24) is 0 Å². The van der Waals surface area contributed by atoms with E-state index >= 15 is 0 Å². The molecule has 0 atom stereocenters. The summed E-state index contributed by atoms with van der Waals surface area (Å²) in [6.07, 6.45) is -0.532. The summed E-state index contributed by atoms with van der Waals surface area (Å²) in [5.74, 6) is -2.98. The van der Waals surface area contributed by atoms with E-state index in [0.29, 0.717) is 0 Å². The molecule has 1 aromatic rings. The Morgan fingerprint density at radius 1 is 1.40 bits per heavy atom. The molecule has 0 amide bonds. The Balaban J connectivity index is 2.68. The maximum atomic E-state index is 13.4. The van der Waals surface area contributed by atoms with Crippen LogP contribution in [0.1, 0.15) is 13.3 Å². The molecule has 20 heavy (non-hydrogen) atoms. The standard InChI is InChI=1S/C12H12FNO6/c1-2-19-11(16)6-8(15)7-20-12-9(13)4-3-5-10(12)14(17)18/h3-5H,2,6-7H2,1H3. The lowest BCUT2D eigenvalue weighted by atomic mass is 10.2. The van der Waals surface area contributed by atoms with Crippen LogP contribution in [0.5, 0.6) is 5.75 Å². The first-order valence-electron chi connectivity index (χ1n) is 5.68. The van der Waals surface area contributed by atoms with E-state index in [1.54, 1.807) is 6.92 Å². The molecule has 0 aliphatic heterocycles. The Morgan fingerprint density at radius 2 is 2.10 bits per heavy atom. The molecule has 8 heteroatoms. The number of para-hydroxylation sites is 1. The molecular weight excluding hydrogens is 273 g/mol. The van der Waals surface area contributed by atoms with Crippen molar-refractivity contribution in [2.24, 2.45) is 0 Å². The molecule has 0 aliphatic carbocycles. The molecule has 0 unspecified atom stereocenters. The highest BCUT2D eigenvalue weighted by molar-refractivity contribution is 5.96. The third-order valence-corrected chi connectivity index (χ3v) is 2.17. The number of carbonyl (C=O) groups is 2. The number of Topliss-reactive ketones (excluding diaryl/α,β-unsaturated/α-hetero) is 1. The molecule has 0 spiro atoms. The van der Waals surface area contributed by atoms with E-state index in [0.717, 1.165) is 18.2 Å². The summed E-state index contributed by atoms with van der Waals surface area (Å²) in [4.78, 5) is 32.3. The van der Waals surface area contributed by atoms with Crippen LogP contribution in [0.25, 0.3) is 0 Å². The number of esters is 1. The summed E-state index contributed by atoms with van der Waals surface area (Å²) in [7, 11) is 0. The monoisotopic (exact) mass is 285 g/mol. The first-order valence-corrected chi connectivity index (χ1v) is 5.68. The molecule has 7 nitrogen and oxygen atoms in total. The first kappa shape index (κ1) is 15.5. The van der Waals surface area contributed by atoms with E-state index in [-0.39, 0.29) is 6.61 Å². The zero-order valence-electron chi connectivity index (χ0n) is 10.6. The van der Waals surface area contributed by atoms with Gasteiger partial charge in [0.05, 0.1) is 11.5 Å². The van der Waals surface area contributed by atoms with E-state index in [1.807, 2.05) is 0 Å². The molecule has 1 rings (SSSR count). The molecule has 0 saturated carbocycles. The number of nitro groups is 1. The molecular formula is C12H12FNO6. The van der Waals surface area contributed by atoms with Crippen molar-refractivity contribution < 1.29 is 28.4 Å². The molecule has 108 valence electrons. The average Bonchev–Trinajstić information content (AvgIpc) is 2.37. The van der Waals surface area contributed by atoms with E-state index in [9.17, 15) is 24.1 Å². The Labute approximate surface area is 113 Å². The first-order chi connectivity index (χ1) is 9.45. The maximum absolute atomic E-state index is 13.4. The van der Waals surface area contributed by atoms with Crippen LogP contribution in [0, 0.1) is 15.9 Å². The molecule has 0 saturated heterocycles. The lowest BCUT2D eigenvalue weighted by molar-refractivity contribution is -0.386. The highest BCUT2D eigenvalue weighted by Crippen LogP contribution is 2.29. The average molecular weight is 285 g/mol. The van der Waals surface area contributed by atoms with Gasteiger partial charge in [-0.25, -0.2) is 4.39 Å². The van der Waals surface area contributed by atoms with Crippen LogP contribution < -0.4 is 4.74 Å². The van der Waals surface area contributed by atoms with Crippen molar-refractivity contribution in [2.75, 3.05) is 13.2 Å². The normalized spacial score (nSPS) is 9.90. The van der Waals surface area contributed by atoms with Crippen molar-refractivity contribution >= 4 is 17.4 Å². The van der Waals surface area contributed by atoms with Crippen LogP contribution in [0.3, 0.4) is 0 Å². The molecule has 0 N–H and O–H groups in total. The number of ether oxygens (including phenoxy) is 2. The third kappa shape index (κ3) is 4.30. The number of benzene rings is 1.